The molecule has 0 heterocycles. The highest BCUT2D eigenvalue weighted by Crippen LogP contribution is 2.24. The molecule has 0 saturated carbocycles. The van der Waals surface area contributed by atoms with Crippen LogP contribution in [0.1, 0.15) is 6.42 Å². The third-order valence-corrected chi connectivity index (χ3v) is 4.87. The summed E-state index contributed by atoms with van der Waals surface area (Å²) in [5, 5.41) is 34.7. The van der Waals surface area contributed by atoms with Crippen LogP contribution in [0.3, 0.4) is 0 Å². The molecule has 30 heavy (non-hydrogen) atoms. The number of azo groups is 2. The fraction of sp³-hybridized carbons (Fsp3) is 0.105. The van der Waals surface area contributed by atoms with Crippen LogP contribution in [0.2, 0.25) is 0 Å². The molecule has 1 atom stereocenters. The Morgan fingerprint density at radius 2 is 1.33 bits per heavy atom. The maximum Gasteiger partial charge on any atom is 0.334 e. The van der Waals surface area contributed by atoms with Crippen LogP contribution >= 0.6 is 0 Å². The van der Waals surface area contributed by atoms with E-state index in [2.05, 4.69) is 20.5 Å². The average molecular weight is 428 g/mol. The zero-order chi connectivity index (χ0) is 21.7. The molecule has 11 heteroatoms. The van der Waals surface area contributed by atoms with E-state index in [1.807, 2.05) is 0 Å². The van der Waals surface area contributed by atoms with Crippen LogP contribution in [0, 0.1) is 0 Å². The van der Waals surface area contributed by atoms with Crippen LogP contribution in [0.15, 0.2) is 97.3 Å². The Morgan fingerprint density at radius 3 is 1.80 bits per heavy atom. The molecule has 0 bridgehead atoms. The summed E-state index contributed by atoms with van der Waals surface area (Å²) in [4.78, 5) is 10.8. The van der Waals surface area contributed by atoms with Gasteiger partial charge in [-0.2, -0.15) is 28.9 Å². The quantitative estimate of drug-likeness (QED) is 0.463. The zero-order valence-electron chi connectivity index (χ0n) is 15.3. The van der Waals surface area contributed by atoms with Gasteiger partial charge in [-0.25, -0.2) is 4.79 Å². The number of carboxylic acid groups (broad SMARTS) is 1. The average Bonchev–Trinajstić information content (AvgIpc) is 2.72. The lowest BCUT2D eigenvalue weighted by atomic mass is 10.0. The van der Waals surface area contributed by atoms with Crippen LogP contribution in [-0.4, -0.2) is 35.3 Å². The summed E-state index contributed by atoms with van der Waals surface area (Å²) in [6.07, 6.45) is 1.96. The molecule has 2 aromatic rings. The number of aliphatic hydroxyl groups is 1. The van der Waals surface area contributed by atoms with E-state index >= 15 is 0 Å². The van der Waals surface area contributed by atoms with E-state index in [9.17, 15) is 18.3 Å². The topological polar surface area (TPSA) is 161 Å². The first-order chi connectivity index (χ1) is 14.2. The van der Waals surface area contributed by atoms with Gasteiger partial charge in [0.25, 0.3) is 10.1 Å². The van der Waals surface area contributed by atoms with Crippen molar-refractivity contribution in [2.75, 3.05) is 0 Å². The molecular formula is C19H16N4O6S. The van der Waals surface area contributed by atoms with Gasteiger partial charge in [0, 0.05) is 0 Å². The van der Waals surface area contributed by atoms with Crippen LogP contribution in [0.5, 0.6) is 0 Å². The molecule has 3 rings (SSSR count). The minimum Gasteiger partial charge on any atom is -0.478 e. The maximum atomic E-state index is 11.1. The minimum atomic E-state index is -4.26. The van der Waals surface area contributed by atoms with Gasteiger partial charge < -0.3 is 10.2 Å². The van der Waals surface area contributed by atoms with Crippen molar-refractivity contribution in [2.24, 2.45) is 20.5 Å². The van der Waals surface area contributed by atoms with Crippen molar-refractivity contribution in [3.63, 3.8) is 0 Å². The Balaban J connectivity index is 1.66. The lowest BCUT2D eigenvalue weighted by molar-refractivity contribution is -0.133. The molecule has 0 radical (unpaired) electrons. The monoisotopic (exact) mass is 428 g/mol. The molecule has 0 fully saturated rings. The summed E-state index contributed by atoms with van der Waals surface area (Å²) in [5.41, 5.74) is 1.63. The summed E-state index contributed by atoms with van der Waals surface area (Å²) in [7, 11) is -4.26. The second-order valence-electron chi connectivity index (χ2n) is 6.17. The third kappa shape index (κ3) is 5.50. The predicted octanol–water partition coefficient (Wildman–Crippen LogP) is 4.09. The second-order valence-corrected chi connectivity index (χ2v) is 7.59. The molecule has 0 aliphatic heterocycles. The van der Waals surface area contributed by atoms with Crippen molar-refractivity contribution in [3.05, 3.63) is 72.0 Å². The number of nitrogens with zero attached hydrogens (tertiary/aromatic N) is 4. The molecule has 10 nitrogen and oxygen atoms in total. The van der Waals surface area contributed by atoms with Gasteiger partial charge in [-0.15, -0.1) is 0 Å². The van der Waals surface area contributed by atoms with Gasteiger partial charge in [0.2, 0.25) is 0 Å². The molecular weight excluding hydrogens is 412 g/mol. The molecule has 1 aliphatic rings. The Labute approximate surface area is 171 Å². The Morgan fingerprint density at radius 1 is 0.867 bits per heavy atom. The fourth-order valence-electron chi connectivity index (χ4n) is 2.45. The Bertz CT molecular complexity index is 1170. The third-order valence-electron chi connectivity index (χ3n) is 4.01. The van der Waals surface area contributed by atoms with Crippen molar-refractivity contribution >= 4 is 33.1 Å². The number of aliphatic carboxylic acids is 1. The lowest BCUT2D eigenvalue weighted by Gasteiger charge is -2.13. The summed E-state index contributed by atoms with van der Waals surface area (Å²) in [5.74, 6) is -1.20. The fourth-order valence-corrected chi connectivity index (χ4v) is 2.93. The summed E-state index contributed by atoms with van der Waals surface area (Å²) < 4.78 is 31.0. The summed E-state index contributed by atoms with van der Waals surface area (Å²) >= 11 is 0. The summed E-state index contributed by atoms with van der Waals surface area (Å²) in [6, 6.07) is 11.8. The van der Waals surface area contributed by atoms with Gasteiger partial charge in [-0.3, -0.25) is 4.55 Å². The van der Waals surface area contributed by atoms with Crippen molar-refractivity contribution < 1.29 is 28.0 Å². The molecule has 0 aromatic heterocycles. The predicted molar refractivity (Wildman–Crippen MR) is 106 cm³/mol. The summed E-state index contributed by atoms with van der Waals surface area (Å²) in [6.45, 7) is 0. The van der Waals surface area contributed by atoms with E-state index in [1.165, 1.54) is 30.3 Å². The molecule has 2 aromatic carbocycles. The van der Waals surface area contributed by atoms with Crippen LogP contribution < -0.4 is 0 Å². The molecule has 0 amide bonds. The highest BCUT2D eigenvalue weighted by Gasteiger charge is 2.21. The number of allylic oxidation sites excluding steroid dienone is 1. The zero-order valence-corrected chi connectivity index (χ0v) is 16.1. The molecule has 1 aliphatic carbocycles. The molecule has 0 saturated heterocycles. The molecule has 3 N–H and O–H groups in total. The normalized spacial score (nSPS) is 17.2. The van der Waals surface area contributed by atoms with Crippen LogP contribution in [0.25, 0.3) is 0 Å². The van der Waals surface area contributed by atoms with E-state index < -0.39 is 22.2 Å². The first-order valence-electron chi connectivity index (χ1n) is 8.56. The van der Waals surface area contributed by atoms with E-state index in [1.54, 1.807) is 30.3 Å². The van der Waals surface area contributed by atoms with E-state index in [0.717, 1.165) is 0 Å². The SMILES string of the molecule is O=C(O)C1=CC(N=Nc2ccc(N=Nc3ccc(S(=O)(=O)O)cc3)cc2)=CCC1O. The number of carboxylic acids is 1. The van der Waals surface area contributed by atoms with Gasteiger partial charge in [0.1, 0.15) is 0 Å². The second kappa shape index (κ2) is 8.86. The number of hydrogen-bond donors (Lipinski definition) is 3. The standard InChI is InChI=1S/C19H16N4O6S/c24-18-10-7-15(11-17(18)19(25)26)23-22-13-3-1-12(2-4-13)20-21-14-5-8-16(9-6-14)30(27,28)29/h1-9,11,18,24H,10H2,(H,25,26)(H,27,28,29). The van der Waals surface area contributed by atoms with Crippen LogP contribution in [-0.2, 0) is 14.9 Å². The highest BCUT2D eigenvalue weighted by atomic mass is 32.2. The first kappa shape index (κ1) is 21.2. The maximum absolute atomic E-state index is 11.1. The number of aliphatic hydroxyl groups excluding tert-OH is 1. The van der Waals surface area contributed by atoms with Crippen LogP contribution in [0.4, 0.5) is 17.1 Å². The van der Waals surface area contributed by atoms with Gasteiger partial charge in [0.15, 0.2) is 0 Å². The largest absolute Gasteiger partial charge is 0.478 e. The highest BCUT2D eigenvalue weighted by molar-refractivity contribution is 7.85. The van der Waals surface area contributed by atoms with Crippen molar-refractivity contribution in [1.82, 2.24) is 0 Å². The first-order valence-corrected chi connectivity index (χ1v) is 10.0. The molecule has 0 spiro atoms. The molecule has 1 unspecified atom stereocenters. The van der Waals surface area contributed by atoms with E-state index in [4.69, 9.17) is 9.66 Å². The van der Waals surface area contributed by atoms with Gasteiger partial charge in [-0.1, -0.05) is 6.08 Å². The van der Waals surface area contributed by atoms with Gasteiger partial charge in [-0.05, 0) is 61.0 Å². The number of hydrogen-bond acceptors (Lipinski definition) is 8. The van der Waals surface area contributed by atoms with Gasteiger partial charge in [0.05, 0.1) is 39.3 Å². The Kier molecular flexibility index (Phi) is 6.26. The van der Waals surface area contributed by atoms with Crippen molar-refractivity contribution in [3.8, 4) is 0 Å². The lowest BCUT2D eigenvalue weighted by Crippen LogP contribution is -2.19. The number of rotatable bonds is 6. The molecule has 154 valence electrons. The van der Waals surface area contributed by atoms with E-state index in [0.29, 0.717) is 22.8 Å². The minimum absolute atomic E-state index is 0.133. The smallest absolute Gasteiger partial charge is 0.334 e. The number of carbonyl (C=O) groups is 1. The van der Waals surface area contributed by atoms with Crippen molar-refractivity contribution in [1.29, 1.82) is 0 Å². The Hall–Kier alpha value is -3.54. The van der Waals surface area contributed by atoms with Gasteiger partial charge >= 0.3 is 5.97 Å². The van der Waals surface area contributed by atoms with E-state index in [-0.39, 0.29) is 16.9 Å². The van der Waals surface area contributed by atoms with Crippen molar-refractivity contribution in [2.45, 2.75) is 17.4 Å². The number of benzene rings is 2.